The number of nitrogens with zero attached hydrogens (tertiary/aromatic N) is 2. The maximum Gasteiger partial charge on any atom is 0.251 e. The van der Waals surface area contributed by atoms with Crippen molar-refractivity contribution in [1.29, 1.82) is 0 Å². The summed E-state index contributed by atoms with van der Waals surface area (Å²) in [5.41, 5.74) is 3.21. The molecule has 6 nitrogen and oxygen atoms in total. The van der Waals surface area contributed by atoms with Crippen molar-refractivity contribution in [2.75, 3.05) is 20.8 Å². The number of pyridine rings is 1. The van der Waals surface area contributed by atoms with Gasteiger partial charge >= 0.3 is 0 Å². The zero-order chi connectivity index (χ0) is 17.8. The Kier molecular flexibility index (Phi) is 4.88. The summed E-state index contributed by atoms with van der Waals surface area (Å²) in [6.07, 6.45) is 4.59. The summed E-state index contributed by atoms with van der Waals surface area (Å²) in [5.74, 6) is 1.09. The van der Waals surface area contributed by atoms with E-state index in [1.54, 1.807) is 26.4 Å². The molecular weight excluding hydrogens is 318 g/mol. The first-order valence-electron chi connectivity index (χ1n) is 8.06. The number of amides is 1. The van der Waals surface area contributed by atoms with E-state index in [9.17, 15) is 4.79 Å². The molecule has 0 bridgehead atoms. The molecule has 0 spiro atoms. The van der Waals surface area contributed by atoms with Crippen molar-refractivity contribution in [2.45, 2.75) is 13.3 Å². The van der Waals surface area contributed by atoms with Gasteiger partial charge in [0.2, 0.25) is 0 Å². The average Bonchev–Trinajstić information content (AvgIpc) is 3.04. The van der Waals surface area contributed by atoms with E-state index in [0.717, 1.165) is 16.9 Å². The molecule has 0 atom stereocenters. The van der Waals surface area contributed by atoms with Crippen LogP contribution in [-0.4, -0.2) is 36.1 Å². The van der Waals surface area contributed by atoms with Gasteiger partial charge in [-0.3, -0.25) is 4.79 Å². The third-order valence-electron chi connectivity index (χ3n) is 4.09. The summed E-state index contributed by atoms with van der Waals surface area (Å²) < 4.78 is 12.6. The van der Waals surface area contributed by atoms with Crippen LogP contribution >= 0.6 is 0 Å². The van der Waals surface area contributed by atoms with Crippen LogP contribution in [0.2, 0.25) is 0 Å². The number of ether oxygens (including phenoxy) is 2. The summed E-state index contributed by atoms with van der Waals surface area (Å²) in [6, 6.07) is 9.30. The quantitative estimate of drug-likeness (QED) is 0.750. The van der Waals surface area contributed by atoms with E-state index in [2.05, 4.69) is 10.3 Å². The van der Waals surface area contributed by atoms with Gasteiger partial charge in [-0.25, -0.2) is 4.98 Å². The second-order valence-electron chi connectivity index (χ2n) is 5.71. The Bertz CT molecular complexity index is 844. The number of hydrogen-bond donors (Lipinski definition) is 1. The number of nitrogens with one attached hydrogen (secondary N) is 1. The lowest BCUT2D eigenvalue weighted by atomic mass is 10.1. The van der Waals surface area contributed by atoms with Crippen molar-refractivity contribution < 1.29 is 14.3 Å². The van der Waals surface area contributed by atoms with Crippen LogP contribution in [0.3, 0.4) is 0 Å². The van der Waals surface area contributed by atoms with Crippen LogP contribution in [0, 0.1) is 6.92 Å². The van der Waals surface area contributed by atoms with Gasteiger partial charge in [-0.15, -0.1) is 0 Å². The average molecular weight is 339 g/mol. The van der Waals surface area contributed by atoms with Gasteiger partial charge in [0.1, 0.15) is 17.1 Å². The number of aromatic nitrogens is 2. The molecule has 1 N–H and O–H groups in total. The highest BCUT2D eigenvalue weighted by atomic mass is 16.5. The lowest BCUT2D eigenvalue weighted by molar-refractivity contribution is 0.0953. The van der Waals surface area contributed by atoms with Gasteiger partial charge in [-0.05, 0) is 31.2 Å². The largest absolute Gasteiger partial charge is 0.496 e. The smallest absolute Gasteiger partial charge is 0.251 e. The van der Waals surface area contributed by atoms with Crippen molar-refractivity contribution in [3.63, 3.8) is 0 Å². The minimum atomic E-state index is -0.166. The summed E-state index contributed by atoms with van der Waals surface area (Å²) in [7, 11) is 3.15. The highest BCUT2D eigenvalue weighted by molar-refractivity contribution is 5.95. The van der Waals surface area contributed by atoms with E-state index in [4.69, 9.17) is 9.47 Å². The minimum Gasteiger partial charge on any atom is -0.496 e. The number of carbonyl (C=O) groups excluding carboxylic acids is 1. The fourth-order valence-corrected chi connectivity index (χ4v) is 2.73. The lowest BCUT2D eigenvalue weighted by Gasteiger charge is -2.12. The first kappa shape index (κ1) is 16.8. The van der Waals surface area contributed by atoms with E-state index in [0.29, 0.717) is 30.0 Å². The van der Waals surface area contributed by atoms with Crippen LogP contribution in [0.25, 0.3) is 5.65 Å². The normalized spacial score (nSPS) is 10.7. The van der Waals surface area contributed by atoms with Gasteiger partial charge in [0, 0.05) is 36.5 Å². The van der Waals surface area contributed by atoms with Gasteiger partial charge in [-0.1, -0.05) is 6.07 Å². The number of rotatable bonds is 6. The molecule has 0 aliphatic heterocycles. The second-order valence-corrected chi connectivity index (χ2v) is 5.71. The predicted octanol–water partition coefficient (Wildman–Crippen LogP) is 2.63. The molecule has 0 aliphatic carbocycles. The number of hydrogen-bond acceptors (Lipinski definition) is 4. The maximum absolute atomic E-state index is 12.4. The molecule has 1 amide bonds. The van der Waals surface area contributed by atoms with Gasteiger partial charge < -0.3 is 19.2 Å². The molecule has 0 saturated heterocycles. The van der Waals surface area contributed by atoms with Crippen molar-refractivity contribution in [3.05, 3.63) is 59.5 Å². The fraction of sp³-hybridized carbons (Fsp3) is 0.263. The first-order chi connectivity index (χ1) is 12.1. The Morgan fingerprint density at radius 1 is 1.20 bits per heavy atom. The monoisotopic (exact) mass is 339 g/mol. The maximum atomic E-state index is 12.4. The summed E-state index contributed by atoms with van der Waals surface area (Å²) >= 11 is 0. The molecule has 25 heavy (non-hydrogen) atoms. The van der Waals surface area contributed by atoms with Crippen molar-refractivity contribution in [2.24, 2.45) is 0 Å². The standard InChI is InChI=1S/C19H21N3O3/c1-13-16(24-2)10-14(11-17(13)25-3)19(23)20-8-7-15-12-22-9-5-4-6-18(22)21-15/h4-6,9-12H,7-8H2,1-3H3,(H,20,23). The van der Waals surface area contributed by atoms with E-state index in [1.807, 2.05) is 41.9 Å². The minimum absolute atomic E-state index is 0.166. The molecule has 0 radical (unpaired) electrons. The van der Waals surface area contributed by atoms with Gasteiger partial charge in [0.25, 0.3) is 5.91 Å². The molecule has 0 fully saturated rings. The van der Waals surface area contributed by atoms with Crippen LogP contribution in [0.5, 0.6) is 11.5 Å². The summed E-state index contributed by atoms with van der Waals surface area (Å²) in [5, 5.41) is 2.91. The predicted molar refractivity (Wildman–Crippen MR) is 95.5 cm³/mol. The molecule has 0 saturated carbocycles. The molecule has 130 valence electrons. The first-order valence-corrected chi connectivity index (χ1v) is 8.06. The van der Waals surface area contributed by atoms with Crippen LogP contribution in [0.4, 0.5) is 0 Å². The van der Waals surface area contributed by atoms with E-state index < -0.39 is 0 Å². The van der Waals surface area contributed by atoms with E-state index in [-0.39, 0.29) is 5.91 Å². The highest BCUT2D eigenvalue weighted by Crippen LogP contribution is 2.29. The second kappa shape index (κ2) is 7.25. The van der Waals surface area contributed by atoms with Gasteiger partial charge in [0.05, 0.1) is 19.9 Å². The number of benzene rings is 1. The zero-order valence-corrected chi connectivity index (χ0v) is 14.6. The molecule has 1 aromatic carbocycles. The Morgan fingerprint density at radius 2 is 1.92 bits per heavy atom. The SMILES string of the molecule is COc1cc(C(=O)NCCc2cn3ccccc3n2)cc(OC)c1C. The van der Waals surface area contributed by atoms with Crippen molar-refractivity contribution in [3.8, 4) is 11.5 Å². The van der Waals surface area contributed by atoms with Crippen molar-refractivity contribution >= 4 is 11.6 Å². The Morgan fingerprint density at radius 3 is 2.56 bits per heavy atom. The molecule has 3 rings (SSSR count). The summed E-state index contributed by atoms with van der Waals surface area (Å²) in [4.78, 5) is 16.9. The number of carbonyl (C=O) groups is 1. The van der Waals surface area contributed by atoms with Crippen LogP contribution in [0.15, 0.2) is 42.7 Å². The van der Waals surface area contributed by atoms with Crippen LogP contribution < -0.4 is 14.8 Å². The molecule has 3 aromatic rings. The summed E-state index contributed by atoms with van der Waals surface area (Å²) in [6.45, 7) is 2.39. The third kappa shape index (κ3) is 3.57. The van der Waals surface area contributed by atoms with Gasteiger partial charge in [0.15, 0.2) is 0 Å². The highest BCUT2D eigenvalue weighted by Gasteiger charge is 2.13. The Hall–Kier alpha value is -3.02. The van der Waals surface area contributed by atoms with Gasteiger partial charge in [-0.2, -0.15) is 0 Å². The van der Waals surface area contributed by atoms with Crippen LogP contribution in [0.1, 0.15) is 21.6 Å². The third-order valence-corrected chi connectivity index (χ3v) is 4.09. The van der Waals surface area contributed by atoms with E-state index in [1.165, 1.54) is 0 Å². The molecule has 0 unspecified atom stereocenters. The zero-order valence-electron chi connectivity index (χ0n) is 14.6. The molecule has 2 aromatic heterocycles. The molecule has 2 heterocycles. The Labute approximate surface area is 146 Å². The lowest BCUT2D eigenvalue weighted by Crippen LogP contribution is -2.25. The molecular formula is C19H21N3O3. The number of fused-ring (bicyclic) bond motifs is 1. The molecule has 0 aliphatic rings. The van der Waals surface area contributed by atoms with E-state index >= 15 is 0 Å². The fourth-order valence-electron chi connectivity index (χ4n) is 2.73. The Balaban J connectivity index is 1.66. The molecule has 6 heteroatoms. The number of imidazole rings is 1. The number of methoxy groups -OCH3 is 2. The van der Waals surface area contributed by atoms with Crippen LogP contribution in [-0.2, 0) is 6.42 Å². The van der Waals surface area contributed by atoms with Crippen molar-refractivity contribution in [1.82, 2.24) is 14.7 Å². The topological polar surface area (TPSA) is 64.9 Å².